The summed E-state index contributed by atoms with van der Waals surface area (Å²) in [6.45, 7) is 2.80. The number of carbonyl (C=O) groups excluding carboxylic acids is 1. The number of halogens is 1. The predicted molar refractivity (Wildman–Crippen MR) is 118 cm³/mol. The van der Waals surface area contributed by atoms with Gasteiger partial charge >= 0.3 is 0 Å². The molecule has 32 heavy (non-hydrogen) atoms. The monoisotopic (exact) mass is 465 g/mol. The largest absolute Gasteiger partial charge is 0.495 e. The zero-order valence-corrected chi connectivity index (χ0v) is 19.2. The van der Waals surface area contributed by atoms with Gasteiger partial charge < -0.3 is 14.8 Å². The fourth-order valence-corrected chi connectivity index (χ4v) is 4.61. The van der Waals surface area contributed by atoms with Gasteiger partial charge in [0.05, 0.1) is 26.4 Å². The third kappa shape index (κ3) is 5.44. The fraction of sp³-hybridized carbons (Fsp3) is 0.409. The molecule has 3 rings (SSSR count). The number of benzene rings is 2. The SMILES string of the molecule is COc1ccc(C(=O)NC[C@H](c2ccc(F)cc2)N2CCOCC2)cc1S(=O)(=O)N(C)C. The summed E-state index contributed by atoms with van der Waals surface area (Å²) in [5.74, 6) is -0.581. The highest BCUT2D eigenvalue weighted by Gasteiger charge is 2.26. The highest BCUT2D eigenvalue weighted by molar-refractivity contribution is 7.89. The summed E-state index contributed by atoms with van der Waals surface area (Å²) in [7, 11) is 0.402. The van der Waals surface area contributed by atoms with Crippen LogP contribution in [0.25, 0.3) is 0 Å². The highest BCUT2D eigenvalue weighted by Crippen LogP contribution is 2.27. The summed E-state index contributed by atoms with van der Waals surface area (Å²) < 4.78 is 50.4. The number of nitrogens with one attached hydrogen (secondary N) is 1. The summed E-state index contributed by atoms with van der Waals surface area (Å²) in [4.78, 5) is 15.0. The average molecular weight is 466 g/mol. The van der Waals surface area contributed by atoms with Crippen LogP contribution in [0.2, 0.25) is 0 Å². The Labute approximate surface area is 188 Å². The van der Waals surface area contributed by atoms with Crippen LogP contribution >= 0.6 is 0 Å². The van der Waals surface area contributed by atoms with Gasteiger partial charge in [-0.3, -0.25) is 9.69 Å². The van der Waals surface area contributed by atoms with Crippen molar-refractivity contribution in [2.45, 2.75) is 10.9 Å². The maximum absolute atomic E-state index is 13.4. The quantitative estimate of drug-likeness (QED) is 0.641. The molecule has 0 aromatic heterocycles. The summed E-state index contributed by atoms with van der Waals surface area (Å²) in [5, 5.41) is 2.89. The van der Waals surface area contributed by atoms with E-state index in [1.54, 1.807) is 12.1 Å². The second kappa shape index (κ2) is 10.4. The van der Waals surface area contributed by atoms with E-state index in [9.17, 15) is 17.6 Å². The first kappa shape index (κ1) is 24.1. The van der Waals surface area contributed by atoms with Crippen LogP contribution in [0.3, 0.4) is 0 Å². The third-order valence-electron chi connectivity index (χ3n) is 5.38. The van der Waals surface area contributed by atoms with Gasteiger partial charge in [-0.05, 0) is 35.9 Å². The van der Waals surface area contributed by atoms with Gasteiger partial charge in [0.15, 0.2) is 0 Å². The van der Waals surface area contributed by atoms with Crippen LogP contribution in [0, 0.1) is 5.82 Å². The van der Waals surface area contributed by atoms with E-state index in [2.05, 4.69) is 10.2 Å². The van der Waals surface area contributed by atoms with Gasteiger partial charge in [0, 0.05) is 39.3 Å². The van der Waals surface area contributed by atoms with Crippen LogP contribution in [0.4, 0.5) is 4.39 Å². The second-order valence-electron chi connectivity index (χ2n) is 7.58. The highest BCUT2D eigenvalue weighted by atomic mass is 32.2. The Morgan fingerprint density at radius 3 is 2.44 bits per heavy atom. The average Bonchev–Trinajstić information content (AvgIpc) is 2.80. The van der Waals surface area contributed by atoms with Crippen molar-refractivity contribution in [3.05, 3.63) is 59.4 Å². The lowest BCUT2D eigenvalue weighted by Gasteiger charge is -2.35. The topological polar surface area (TPSA) is 88.2 Å². The van der Waals surface area contributed by atoms with E-state index in [0.717, 1.165) is 9.87 Å². The number of ether oxygens (including phenoxy) is 2. The molecule has 1 heterocycles. The van der Waals surface area contributed by atoms with Crippen LogP contribution < -0.4 is 10.1 Å². The molecule has 0 saturated carbocycles. The molecular weight excluding hydrogens is 437 g/mol. The molecule has 2 aromatic rings. The Morgan fingerprint density at radius 1 is 1.19 bits per heavy atom. The first-order chi connectivity index (χ1) is 15.2. The van der Waals surface area contributed by atoms with Crippen molar-refractivity contribution in [3.63, 3.8) is 0 Å². The normalized spacial score (nSPS) is 16.0. The first-order valence-electron chi connectivity index (χ1n) is 10.2. The number of morpholine rings is 1. The molecule has 1 N–H and O–H groups in total. The van der Waals surface area contributed by atoms with E-state index in [1.165, 1.54) is 51.5 Å². The lowest BCUT2D eigenvalue weighted by molar-refractivity contribution is 0.0162. The molecule has 0 unspecified atom stereocenters. The lowest BCUT2D eigenvalue weighted by atomic mass is 10.0. The molecule has 0 aliphatic carbocycles. The molecule has 1 fully saturated rings. The standard InChI is InChI=1S/C22H28FN3O5S/c1-25(2)32(28,29)21-14-17(6-9-20(21)30-3)22(27)24-15-19(26-10-12-31-13-11-26)16-4-7-18(23)8-5-16/h4-9,14,19H,10-13,15H2,1-3H3,(H,24,27)/t19-/m1/s1. The number of hydrogen-bond acceptors (Lipinski definition) is 6. The summed E-state index contributed by atoms with van der Waals surface area (Å²) in [6, 6.07) is 10.3. The zero-order chi connectivity index (χ0) is 23.3. The lowest BCUT2D eigenvalue weighted by Crippen LogP contribution is -2.43. The Bertz CT molecular complexity index is 1040. The number of methoxy groups -OCH3 is 1. The Kier molecular flexibility index (Phi) is 7.83. The molecule has 1 aliphatic rings. The van der Waals surface area contributed by atoms with E-state index >= 15 is 0 Å². The van der Waals surface area contributed by atoms with Gasteiger partial charge in [0.1, 0.15) is 16.5 Å². The summed E-state index contributed by atoms with van der Waals surface area (Å²) in [5.41, 5.74) is 1.07. The number of amides is 1. The number of nitrogens with zero attached hydrogens (tertiary/aromatic N) is 2. The van der Waals surface area contributed by atoms with Gasteiger partial charge in [0.2, 0.25) is 10.0 Å². The maximum atomic E-state index is 13.4. The van der Waals surface area contributed by atoms with E-state index in [-0.39, 0.29) is 34.6 Å². The second-order valence-corrected chi connectivity index (χ2v) is 9.70. The summed E-state index contributed by atoms with van der Waals surface area (Å²) >= 11 is 0. The number of sulfonamides is 1. The molecule has 1 atom stereocenters. The van der Waals surface area contributed by atoms with Gasteiger partial charge in [-0.15, -0.1) is 0 Å². The van der Waals surface area contributed by atoms with E-state index < -0.39 is 15.9 Å². The third-order valence-corrected chi connectivity index (χ3v) is 7.22. The Morgan fingerprint density at radius 2 is 1.84 bits per heavy atom. The minimum Gasteiger partial charge on any atom is -0.495 e. The molecule has 1 aliphatic heterocycles. The molecule has 0 radical (unpaired) electrons. The Hall–Kier alpha value is -2.53. The van der Waals surface area contributed by atoms with Crippen molar-refractivity contribution in [1.82, 2.24) is 14.5 Å². The van der Waals surface area contributed by atoms with Crippen LogP contribution in [-0.2, 0) is 14.8 Å². The van der Waals surface area contributed by atoms with Crippen LogP contribution in [0.15, 0.2) is 47.4 Å². The molecule has 8 nitrogen and oxygen atoms in total. The number of rotatable bonds is 8. The smallest absolute Gasteiger partial charge is 0.251 e. The Balaban J connectivity index is 1.82. The fourth-order valence-electron chi connectivity index (χ4n) is 3.54. The van der Waals surface area contributed by atoms with Gasteiger partial charge in [0.25, 0.3) is 5.91 Å². The summed E-state index contributed by atoms with van der Waals surface area (Å²) in [6.07, 6.45) is 0. The zero-order valence-electron chi connectivity index (χ0n) is 18.4. The van der Waals surface area contributed by atoms with Gasteiger partial charge in [-0.2, -0.15) is 0 Å². The van der Waals surface area contributed by atoms with Crippen LogP contribution in [0.5, 0.6) is 5.75 Å². The number of hydrogen-bond donors (Lipinski definition) is 1. The number of carbonyl (C=O) groups is 1. The molecule has 0 bridgehead atoms. The first-order valence-corrected chi connectivity index (χ1v) is 11.6. The molecule has 1 amide bonds. The van der Waals surface area contributed by atoms with Gasteiger partial charge in [-0.25, -0.2) is 17.1 Å². The van der Waals surface area contributed by atoms with Crippen LogP contribution in [0.1, 0.15) is 22.0 Å². The van der Waals surface area contributed by atoms with Crippen molar-refractivity contribution in [2.75, 3.05) is 54.1 Å². The minimum absolute atomic E-state index is 0.0825. The molecule has 0 spiro atoms. The predicted octanol–water partition coefficient (Wildman–Crippen LogP) is 1.89. The van der Waals surface area contributed by atoms with Crippen molar-refractivity contribution in [2.24, 2.45) is 0 Å². The van der Waals surface area contributed by atoms with Crippen molar-refractivity contribution in [3.8, 4) is 5.75 Å². The van der Waals surface area contributed by atoms with E-state index in [0.29, 0.717) is 26.3 Å². The molecule has 10 heteroatoms. The van der Waals surface area contributed by atoms with E-state index in [1.807, 2.05) is 0 Å². The maximum Gasteiger partial charge on any atom is 0.251 e. The molecule has 1 saturated heterocycles. The molecular formula is C22H28FN3O5S. The van der Waals surface area contributed by atoms with Crippen LogP contribution in [-0.4, -0.2) is 77.6 Å². The van der Waals surface area contributed by atoms with Crippen molar-refractivity contribution in [1.29, 1.82) is 0 Å². The van der Waals surface area contributed by atoms with Gasteiger partial charge in [-0.1, -0.05) is 12.1 Å². The van der Waals surface area contributed by atoms with Crippen molar-refractivity contribution >= 4 is 15.9 Å². The van der Waals surface area contributed by atoms with Crippen molar-refractivity contribution < 1.29 is 27.1 Å². The molecule has 174 valence electrons. The van der Waals surface area contributed by atoms with E-state index in [4.69, 9.17) is 9.47 Å². The molecule has 2 aromatic carbocycles. The minimum atomic E-state index is -3.80.